The molecule has 1 aliphatic heterocycles. The maximum Gasteiger partial charge on any atom is 0.245 e. The molecule has 0 radical (unpaired) electrons. The van der Waals surface area contributed by atoms with E-state index in [1.807, 2.05) is 95.9 Å². The van der Waals surface area contributed by atoms with Gasteiger partial charge in [0.15, 0.2) is 0 Å². The maximum atomic E-state index is 13.6. The quantitative estimate of drug-likeness (QED) is 0.633. The molecule has 0 spiro atoms. The molecule has 1 fully saturated rings. The standard InChI is InChI=1S/C27H28N2O2/c30-26(25(22-14-6-2-7-15-22)23-16-8-3-9-17-23)28-24(20-21-12-4-1-5-13-21)27(31)29-18-10-11-19-29/h1-9,12-17,24-25H,10-11,18-20H2,(H,28,30). The fraction of sp³-hybridized carbons (Fsp3) is 0.259. The normalized spacial score (nSPS) is 14.4. The van der Waals surface area contributed by atoms with E-state index in [1.54, 1.807) is 0 Å². The van der Waals surface area contributed by atoms with Gasteiger partial charge in [0.05, 0.1) is 5.92 Å². The molecule has 0 aliphatic carbocycles. The van der Waals surface area contributed by atoms with E-state index in [1.165, 1.54) is 0 Å². The number of hydrogen-bond acceptors (Lipinski definition) is 2. The first-order valence-electron chi connectivity index (χ1n) is 11.0. The molecule has 4 rings (SSSR count). The first-order valence-corrected chi connectivity index (χ1v) is 11.0. The van der Waals surface area contributed by atoms with Crippen LogP contribution >= 0.6 is 0 Å². The fourth-order valence-electron chi connectivity index (χ4n) is 4.25. The average molecular weight is 413 g/mol. The van der Waals surface area contributed by atoms with Crippen LogP contribution in [0.4, 0.5) is 0 Å². The molecular weight excluding hydrogens is 384 g/mol. The van der Waals surface area contributed by atoms with Gasteiger partial charge in [-0.05, 0) is 29.5 Å². The van der Waals surface area contributed by atoms with Crippen molar-refractivity contribution in [2.24, 2.45) is 0 Å². The highest BCUT2D eigenvalue weighted by Crippen LogP contribution is 2.25. The largest absolute Gasteiger partial charge is 0.343 e. The van der Waals surface area contributed by atoms with E-state index >= 15 is 0 Å². The molecule has 3 aromatic carbocycles. The van der Waals surface area contributed by atoms with Crippen LogP contribution in [0.15, 0.2) is 91.0 Å². The second kappa shape index (κ2) is 10.1. The second-order valence-corrected chi connectivity index (χ2v) is 8.04. The number of nitrogens with zero attached hydrogens (tertiary/aromatic N) is 1. The Hall–Kier alpha value is -3.40. The number of benzene rings is 3. The van der Waals surface area contributed by atoms with E-state index < -0.39 is 12.0 Å². The summed E-state index contributed by atoms with van der Waals surface area (Å²) in [6, 6.07) is 28.8. The highest BCUT2D eigenvalue weighted by atomic mass is 16.2. The van der Waals surface area contributed by atoms with Crippen molar-refractivity contribution in [1.82, 2.24) is 10.2 Å². The lowest BCUT2D eigenvalue weighted by Gasteiger charge is -2.26. The van der Waals surface area contributed by atoms with Crippen LogP contribution in [0.2, 0.25) is 0 Å². The molecule has 1 saturated heterocycles. The number of nitrogens with one attached hydrogen (secondary N) is 1. The third kappa shape index (κ3) is 5.21. The summed E-state index contributed by atoms with van der Waals surface area (Å²) in [6.07, 6.45) is 2.53. The SMILES string of the molecule is O=C(NC(Cc1ccccc1)C(=O)N1CCCC1)C(c1ccccc1)c1ccccc1. The summed E-state index contributed by atoms with van der Waals surface area (Å²) < 4.78 is 0. The van der Waals surface area contributed by atoms with Crippen molar-refractivity contribution in [2.45, 2.75) is 31.2 Å². The monoisotopic (exact) mass is 412 g/mol. The van der Waals surface area contributed by atoms with Crippen LogP contribution in [0.3, 0.4) is 0 Å². The van der Waals surface area contributed by atoms with E-state index in [0.717, 1.165) is 42.6 Å². The summed E-state index contributed by atoms with van der Waals surface area (Å²) in [5.74, 6) is -0.604. The molecule has 0 saturated carbocycles. The Morgan fingerprint density at radius 1 is 0.742 bits per heavy atom. The molecule has 1 aliphatic rings. The van der Waals surface area contributed by atoms with Crippen LogP contribution in [0, 0.1) is 0 Å². The van der Waals surface area contributed by atoms with Gasteiger partial charge in [-0.1, -0.05) is 91.0 Å². The fourth-order valence-corrected chi connectivity index (χ4v) is 4.25. The summed E-state index contributed by atoms with van der Waals surface area (Å²) in [5, 5.41) is 3.11. The topological polar surface area (TPSA) is 49.4 Å². The van der Waals surface area contributed by atoms with Crippen LogP contribution in [-0.4, -0.2) is 35.8 Å². The number of hydrogen-bond donors (Lipinski definition) is 1. The number of likely N-dealkylation sites (tertiary alicyclic amines) is 1. The van der Waals surface area contributed by atoms with Crippen molar-refractivity contribution in [3.05, 3.63) is 108 Å². The Morgan fingerprint density at radius 2 is 1.23 bits per heavy atom. The summed E-state index contributed by atoms with van der Waals surface area (Å²) in [4.78, 5) is 28.8. The Balaban J connectivity index is 1.61. The highest BCUT2D eigenvalue weighted by molar-refractivity contribution is 5.92. The van der Waals surface area contributed by atoms with Gasteiger partial charge in [0.1, 0.15) is 6.04 Å². The summed E-state index contributed by atoms with van der Waals surface area (Å²) >= 11 is 0. The number of amides is 2. The third-order valence-electron chi connectivity index (χ3n) is 5.84. The molecule has 158 valence electrons. The van der Waals surface area contributed by atoms with Crippen molar-refractivity contribution >= 4 is 11.8 Å². The molecule has 31 heavy (non-hydrogen) atoms. The van der Waals surface area contributed by atoms with Gasteiger partial charge in [0.2, 0.25) is 11.8 Å². The minimum Gasteiger partial charge on any atom is -0.343 e. The lowest BCUT2D eigenvalue weighted by Crippen LogP contribution is -2.50. The van der Waals surface area contributed by atoms with Gasteiger partial charge in [-0.3, -0.25) is 9.59 Å². The van der Waals surface area contributed by atoms with Gasteiger partial charge >= 0.3 is 0 Å². The molecule has 1 heterocycles. The van der Waals surface area contributed by atoms with Gasteiger partial charge in [0.25, 0.3) is 0 Å². The molecule has 1 N–H and O–H groups in total. The average Bonchev–Trinajstić information content (AvgIpc) is 3.35. The van der Waals surface area contributed by atoms with E-state index in [0.29, 0.717) is 6.42 Å². The molecule has 0 aromatic heterocycles. The van der Waals surface area contributed by atoms with Gasteiger partial charge in [-0.2, -0.15) is 0 Å². The number of rotatable bonds is 7. The zero-order valence-corrected chi connectivity index (χ0v) is 17.6. The van der Waals surface area contributed by atoms with Gasteiger partial charge in [0, 0.05) is 19.5 Å². The molecule has 1 atom stereocenters. The second-order valence-electron chi connectivity index (χ2n) is 8.04. The lowest BCUT2D eigenvalue weighted by molar-refractivity contribution is -0.135. The van der Waals surface area contributed by atoms with E-state index in [4.69, 9.17) is 0 Å². The maximum absolute atomic E-state index is 13.6. The van der Waals surface area contributed by atoms with Crippen LogP contribution in [-0.2, 0) is 16.0 Å². The smallest absolute Gasteiger partial charge is 0.245 e. The minimum absolute atomic E-state index is 0.00887. The third-order valence-corrected chi connectivity index (χ3v) is 5.84. The minimum atomic E-state index is -0.581. The number of carbonyl (C=O) groups excluding carboxylic acids is 2. The van der Waals surface area contributed by atoms with Crippen LogP contribution < -0.4 is 5.32 Å². The highest BCUT2D eigenvalue weighted by Gasteiger charge is 2.31. The Bertz CT molecular complexity index is 944. The van der Waals surface area contributed by atoms with Crippen molar-refractivity contribution in [2.75, 3.05) is 13.1 Å². The molecule has 3 aromatic rings. The summed E-state index contributed by atoms with van der Waals surface area (Å²) in [5.41, 5.74) is 2.87. The van der Waals surface area contributed by atoms with E-state index in [-0.39, 0.29) is 11.8 Å². The molecular formula is C27H28N2O2. The molecule has 2 amide bonds. The number of carbonyl (C=O) groups is 2. The Labute approximate surface area is 183 Å². The van der Waals surface area contributed by atoms with Crippen molar-refractivity contribution in [1.29, 1.82) is 0 Å². The Morgan fingerprint density at radius 3 is 1.74 bits per heavy atom. The predicted octanol–water partition coefficient (Wildman–Crippen LogP) is 4.17. The molecule has 4 heteroatoms. The summed E-state index contributed by atoms with van der Waals surface area (Å²) in [6.45, 7) is 1.53. The van der Waals surface area contributed by atoms with Crippen molar-refractivity contribution in [3.63, 3.8) is 0 Å². The van der Waals surface area contributed by atoms with E-state index in [9.17, 15) is 9.59 Å². The van der Waals surface area contributed by atoms with Crippen molar-refractivity contribution < 1.29 is 9.59 Å². The molecule has 0 bridgehead atoms. The first-order chi connectivity index (χ1) is 15.2. The zero-order chi connectivity index (χ0) is 21.5. The van der Waals surface area contributed by atoms with Gasteiger partial charge in [-0.25, -0.2) is 0 Å². The zero-order valence-electron chi connectivity index (χ0n) is 17.6. The lowest BCUT2D eigenvalue weighted by atomic mass is 9.90. The van der Waals surface area contributed by atoms with Crippen LogP contribution in [0.5, 0.6) is 0 Å². The summed E-state index contributed by atoms with van der Waals surface area (Å²) in [7, 11) is 0. The molecule has 1 unspecified atom stereocenters. The van der Waals surface area contributed by atoms with Gasteiger partial charge < -0.3 is 10.2 Å². The molecule has 4 nitrogen and oxygen atoms in total. The Kier molecular flexibility index (Phi) is 6.78. The first kappa shape index (κ1) is 20.9. The van der Waals surface area contributed by atoms with E-state index in [2.05, 4.69) is 5.32 Å². The predicted molar refractivity (Wildman–Crippen MR) is 123 cm³/mol. The van der Waals surface area contributed by atoms with Crippen molar-refractivity contribution in [3.8, 4) is 0 Å². The van der Waals surface area contributed by atoms with Crippen LogP contribution in [0.25, 0.3) is 0 Å². The van der Waals surface area contributed by atoms with Gasteiger partial charge in [-0.15, -0.1) is 0 Å². The van der Waals surface area contributed by atoms with Crippen LogP contribution in [0.1, 0.15) is 35.4 Å².